The van der Waals surface area contributed by atoms with E-state index in [9.17, 15) is 0 Å². The fourth-order valence-corrected chi connectivity index (χ4v) is 2.35. The van der Waals surface area contributed by atoms with Gasteiger partial charge < -0.3 is 9.88 Å². The normalized spacial score (nSPS) is 18.9. The molecule has 2 aromatic heterocycles. The Bertz CT molecular complexity index is 551. The summed E-state index contributed by atoms with van der Waals surface area (Å²) in [4.78, 5) is 4.20. The molecular formula is C12H13N3. The van der Waals surface area contributed by atoms with Crippen molar-refractivity contribution in [2.24, 2.45) is 7.05 Å². The van der Waals surface area contributed by atoms with E-state index in [1.54, 1.807) is 0 Å². The standard InChI is InChI=1S/C12H13N3/c1-8-12-9-7-13-5-3-10(9)15(2)11(12)4-6-14-8/h3-8,14H,1-2H3. The number of nitrogens with one attached hydrogen (secondary N) is 1. The molecule has 1 atom stereocenters. The van der Waals surface area contributed by atoms with Gasteiger partial charge in [0.25, 0.3) is 0 Å². The predicted octanol–water partition coefficient (Wildman–Crippen LogP) is 2.21. The summed E-state index contributed by atoms with van der Waals surface area (Å²) in [6.07, 6.45) is 7.93. The van der Waals surface area contributed by atoms with Crippen LogP contribution in [0.4, 0.5) is 0 Å². The Labute approximate surface area is 88.4 Å². The van der Waals surface area contributed by atoms with E-state index < -0.39 is 0 Å². The highest BCUT2D eigenvalue weighted by Gasteiger charge is 2.19. The third-order valence-corrected chi connectivity index (χ3v) is 3.11. The smallest absolute Gasteiger partial charge is 0.0517 e. The Balaban J connectivity index is 2.47. The Hall–Kier alpha value is -1.77. The van der Waals surface area contributed by atoms with Gasteiger partial charge in [-0.3, -0.25) is 4.98 Å². The maximum absolute atomic E-state index is 4.20. The van der Waals surface area contributed by atoms with Gasteiger partial charge in [-0.15, -0.1) is 0 Å². The molecule has 15 heavy (non-hydrogen) atoms. The summed E-state index contributed by atoms with van der Waals surface area (Å²) in [5, 5.41) is 4.57. The molecular weight excluding hydrogens is 186 g/mol. The first-order chi connectivity index (χ1) is 7.29. The number of nitrogens with zero attached hydrogens (tertiary/aromatic N) is 2. The van der Waals surface area contributed by atoms with Gasteiger partial charge in [-0.2, -0.15) is 0 Å². The van der Waals surface area contributed by atoms with Crippen molar-refractivity contribution in [3.63, 3.8) is 0 Å². The molecule has 0 bridgehead atoms. The van der Waals surface area contributed by atoms with E-state index in [2.05, 4.69) is 41.0 Å². The monoisotopic (exact) mass is 199 g/mol. The first-order valence-electron chi connectivity index (χ1n) is 5.14. The first kappa shape index (κ1) is 8.53. The molecule has 0 amide bonds. The molecule has 0 aliphatic carbocycles. The van der Waals surface area contributed by atoms with Crippen LogP contribution in [-0.2, 0) is 7.05 Å². The van der Waals surface area contributed by atoms with E-state index in [0.29, 0.717) is 6.04 Å². The highest BCUT2D eigenvalue weighted by molar-refractivity contribution is 5.88. The van der Waals surface area contributed by atoms with Crippen LogP contribution in [-0.4, -0.2) is 9.55 Å². The van der Waals surface area contributed by atoms with Crippen LogP contribution in [0.1, 0.15) is 24.2 Å². The number of aryl methyl sites for hydroxylation is 1. The molecule has 76 valence electrons. The zero-order chi connectivity index (χ0) is 10.4. The summed E-state index contributed by atoms with van der Waals surface area (Å²) in [5.41, 5.74) is 3.88. The van der Waals surface area contributed by atoms with Crippen molar-refractivity contribution in [1.82, 2.24) is 14.9 Å². The molecule has 0 fully saturated rings. The van der Waals surface area contributed by atoms with Crippen LogP contribution in [0.5, 0.6) is 0 Å². The second kappa shape index (κ2) is 2.86. The average Bonchev–Trinajstić information content (AvgIpc) is 2.55. The maximum Gasteiger partial charge on any atom is 0.0517 e. The number of rotatable bonds is 0. The van der Waals surface area contributed by atoms with Crippen LogP contribution in [0.3, 0.4) is 0 Å². The van der Waals surface area contributed by atoms with Crippen molar-refractivity contribution in [1.29, 1.82) is 0 Å². The minimum atomic E-state index is 0.359. The largest absolute Gasteiger partial charge is 0.384 e. The SMILES string of the molecule is CC1NC=Cc2c1c1cnccc1n2C. The molecule has 3 rings (SSSR count). The molecule has 0 radical (unpaired) electrons. The molecule has 0 saturated carbocycles. The molecule has 3 nitrogen and oxygen atoms in total. The van der Waals surface area contributed by atoms with E-state index in [0.717, 1.165) is 0 Å². The second-order valence-electron chi connectivity index (χ2n) is 3.97. The lowest BCUT2D eigenvalue weighted by molar-refractivity contribution is 0.677. The van der Waals surface area contributed by atoms with Crippen LogP contribution in [0, 0.1) is 0 Å². The lowest BCUT2D eigenvalue weighted by Gasteiger charge is -2.17. The molecule has 3 heteroatoms. The molecule has 3 heterocycles. The Morgan fingerprint density at radius 1 is 1.47 bits per heavy atom. The molecule has 1 unspecified atom stereocenters. The van der Waals surface area contributed by atoms with E-state index in [1.165, 1.54) is 22.2 Å². The van der Waals surface area contributed by atoms with E-state index in [-0.39, 0.29) is 0 Å². The van der Waals surface area contributed by atoms with Gasteiger partial charge in [0.15, 0.2) is 0 Å². The van der Waals surface area contributed by atoms with Gasteiger partial charge in [0.1, 0.15) is 0 Å². The summed E-state index contributed by atoms with van der Waals surface area (Å²) in [5.74, 6) is 0. The third kappa shape index (κ3) is 1.03. The number of pyridine rings is 1. The van der Waals surface area contributed by atoms with Crippen LogP contribution in [0.2, 0.25) is 0 Å². The molecule has 0 aromatic carbocycles. The van der Waals surface area contributed by atoms with Gasteiger partial charge in [-0.25, -0.2) is 0 Å². The van der Waals surface area contributed by atoms with Gasteiger partial charge in [-0.1, -0.05) is 0 Å². The fourth-order valence-electron chi connectivity index (χ4n) is 2.35. The third-order valence-electron chi connectivity index (χ3n) is 3.11. The van der Waals surface area contributed by atoms with E-state index in [4.69, 9.17) is 0 Å². The quantitative estimate of drug-likeness (QED) is 0.705. The van der Waals surface area contributed by atoms with Crippen molar-refractivity contribution in [2.45, 2.75) is 13.0 Å². The molecule has 0 saturated heterocycles. The van der Waals surface area contributed by atoms with Crippen molar-refractivity contribution >= 4 is 17.0 Å². The number of hydrogen-bond donors (Lipinski definition) is 1. The number of fused-ring (bicyclic) bond motifs is 3. The van der Waals surface area contributed by atoms with E-state index in [1.807, 2.05) is 18.6 Å². The van der Waals surface area contributed by atoms with Crippen LogP contribution >= 0.6 is 0 Å². The molecule has 1 N–H and O–H groups in total. The zero-order valence-corrected chi connectivity index (χ0v) is 8.86. The van der Waals surface area contributed by atoms with Crippen molar-refractivity contribution in [2.75, 3.05) is 0 Å². The predicted molar refractivity (Wildman–Crippen MR) is 61.3 cm³/mol. The summed E-state index contributed by atoms with van der Waals surface area (Å²) < 4.78 is 2.22. The van der Waals surface area contributed by atoms with Gasteiger partial charge in [0, 0.05) is 36.1 Å². The zero-order valence-electron chi connectivity index (χ0n) is 8.86. The highest BCUT2D eigenvalue weighted by Crippen LogP contribution is 2.32. The van der Waals surface area contributed by atoms with Gasteiger partial charge in [-0.05, 0) is 25.3 Å². The van der Waals surface area contributed by atoms with Crippen molar-refractivity contribution < 1.29 is 0 Å². The van der Waals surface area contributed by atoms with Gasteiger partial charge in [0.05, 0.1) is 11.6 Å². The summed E-state index contributed by atoms with van der Waals surface area (Å²) in [6.45, 7) is 2.18. The fraction of sp³-hybridized carbons (Fsp3) is 0.250. The summed E-state index contributed by atoms with van der Waals surface area (Å²) >= 11 is 0. The molecule has 0 spiro atoms. The van der Waals surface area contributed by atoms with Crippen LogP contribution < -0.4 is 5.32 Å². The van der Waals surface area contributed by atoms with E-state index >= 15 is 0 Å². The average molecular weight is 199 g/mol. The number of aromatic nitrogens is 2. The maximum atomic E-state index is 4.20. The Kier molecular flexibility index (Phi) is 1.63. The summed E-state index contributed by atoms with van der Waals surface area (Å²) in [6, 6.07) is 2.42. The lowest BCUT2D eigenvalue weighted by Crippen LogP contribution is -2.16. The van der Waals surface area contributed by atoms with Crippen LogP contribution in [0.25, 0.3) is 17.0 Å². The Morgan fingerprint density at radius 2 is 2.33 bits per heavy atom. The van der Waals surface area contributed by atoms with Crippen molar-refractivity contribution in [3.05, 3.63) is 35.9 Å². The van der Waals surface area contributed by atoms with Crippen LogP contribution in [0.15, 0.2) is 24.7 Å². The lowest BCUT2D eigenvalue weighted by atomic mass is 10.0. The minimum Gasteiger partial charge on any atom is -0.384 e. The molecule has 1 aliphatic rings. The molecule has 2 aromatic rings. The topological polar surface area (TPSA) is 29.9 Å². The van der Waals surface area contributed by atoms with Gasteiger partial charge >= 0.3 is 0 Å². The minimum absolute atomic E-state index is 0.359. The Morgan fingerprint density at radius 3 is 3.20 bits per heavy atom. The van der Waals surface area contributed by atoms with Crippen molar-refractivity contribution in [3.8, 4) is 0 Å². The number of hydrogen-bond acceptors (Lipinski definition) is 2. The first-order valence-corrected chi connectivity index (χ1v) is 5.14. The van der Waals surface area contributed by atoms with Gasteiger partial charge in [0.2, 0.25) is 0 Å². The summed E-state index contributed by atoms with van der Waals surface area (Å²) in [7, 11) is 2.10. The molecule has 1 aliphatic heterocycles. The highest BCUT2D eigenvalue weighted by atomic mass is 15.0. The second-order valence-corrected chi connectivity index (χ2v) is 3.97.